The van der Waals surface area contributed by atoms with Crippen LogP contribution in [0.1, 0.15) is 33.9 Å². The van der Waals surface area contributed by atoms with Crippen LogP contribution in [0.5, 0.6) is 0 Å². The molecule has 2 amide bonds. The first-order chi connectivity index (χ1) is 12.2. The van der Waals surface area contributed by atoms with Crippen molar-refractivity contribution in [3.05, 3.63) is 34.9 Å². The van der Waals surface area contributed by atoms with Crippen molar-refractivity contribution in [3.8, 4) is 0 Å². The highest BCUT2D eigenvalue weighted by Crippen LogP contribution is 2.28. The van der Waals surface area contributed by atoms with Gasteiger partial charge in [0.05, 0.1) is 18.4 Å². The predicted molar refractivity (Wildman–Crippen MR) is 92.2 cm³/mol. The average molecular weight is 358 g/mol. The molecule has 0 atom stereocenters. The van der Waals surface area contributed by atoms with Gasteiger partial charge in [0.15, 0.2) is 5.13 Å². The average Bonchev–Trinajstić information content (AvgIpc) is 3.32. The standard InChI is InChI=1S/C16H18N6O2S/c23-14(19-10-1-2-10)9-22-6-3-11-13(8-22)25-16(20-11)21-15(24)12-7-17-4-5-18-12/h4-5,7,10H,1-3,6,8-9H2,(H,19,23)(H,20,21,24). The minimum absolute atomic E-state index is 0.0895. The lowest BCUT2D eigenvalue weighted by Crippen LogP contribution is -2.40. The Morgan fingerprint density at radius 1 is 1.32 bits per heavy atom. The summed E-state index contributed by atoms with van der Waals surface area (Å²) in [6.07, 6.45) is 7.39. The van der Waals surface area contributed by atoms with Crippen molar-refractivity contribution < 1.29 is 9.59 Å². The smallest absolute Gasteiger partial charge is 0.277 e. The van der Waals surface area contributed by atoms with Crippen molar-refractivity contribution in [2.45, 2.75) is 31.8 Å². The van der Waals surface area contributed by atoms with E-state index in [1.165, 1.54) is 29.9 Å². The molecule has 1 saturated carbocycles. The molecule has 9 heteroatoms. The fourth-order valence-electron chi connectivity index (χ4n) is 2.72. The summed E-state index contributed by atoms with van der Waals surface area (Å²) < 4.78 is 0. The van der Waals surface area contributed by atoms with Gasteiger partial charge in [-0.15, -0.1) is 11.3 Å². The molecule has 0 saturated heterocycles. The maximum Gasteiger partial charge on any atom is 0.277 e. The van der Waals surface area contributed by atoms with Gasteiger partial charge in [-0.25, -0.2) is 9.97 Å². The summed E-state index contributed by atoms with van der Waals surface area (Å²) in [6, 6.07) is 0.388. The number of nitrogens with one attached hydrogen (secondary N) is 2. The van der Waals surface area contributed by atoms with Crippen LogP contribution in [0.25, 0.3) is 0 Å². The Morgan fingerprint density at radius 2 is 2.20 bits per heavy atom. The van der Waals surface area contributed by atoms with E-state index in [2.05, 4.69) is 30.5 Å². The first kappa shape index (κ1) is 16.1. The molecule has 2 aromatic rings. The number of hydrogen-bond acceptors (Lipinski definition) is 7. The monoisotopic (exact) mass is 358 g/mol. The Kier molecular flexibility index (Phi) is 4.41. The molecular formula is C16H18N6O2S. The minimum atomic E-state index is -0.320. The van der Waals surface area contributed by atoms with E-state index in [1.807, 2.05) is 0 Å². The fraction of sp³-hybridized carbons (Fsp3) is 0.438. The van der Waals surface area contributed by atoms with Crippen LogP contribution < -0.4 is 10.6 Å². The number of fused-ring (bicyclic) bond motifs is 1. The summed E-state index contributed by atoms with van der Waals surface area (Å²) >= 11 is 1.45. The van der Waals surface area contributed by atoms with E-state index >= 15 is 0 Å². The fourth-order valence-corrected chi connectivity index (χ4v) is 3.76. The van der Waals surface area contributed by atoms with Crippen LogP contribution in [0, 0.1) is 0 Å². The third-order valence-electron chi connectivity index (χ3n) is 4.14. The van der Waals surface area contributed by atoms with Crippen molar-refractivity contribution in [3.63, 3.8) is 0 Å². The number of carbonyl (C=O) groups is 2. The molecule has 0 radical (unpaired) electrons. The SMILES string of the molecule is O=C(CN1CCc2nc(NC(=O)c3cnccn3)sc2C1)NC1CC1. The second-order valence-corrected chi connectivity index (χ2v) is 7.32. The highest BCUT2D eigenvalue weighted by atomic mass is 32.1. The molecule has 2 N–H and O–H groups in total. The summed E-state index contributed by atoms with van der Waals surface area (Å²) in [7, 11) is 0. The van der Waals surface area contributed by atoms with Gasteiger partial charge >= 0.3 is 0 Å². The van der Waals surface area contributed by atoms with Gasteiger partial charge in [0.2, 0.25) is 5.91 Å². The molecule has 3 heterocycles. The van der Waals surface area contributed by atoms with Crippen molar-refractivity contribution in [1.29, 1.82) is 0 Å². The van der Waals surface area contributed by atoms with E-state index in [-0.39, 0.29) is 17.5 Å². The van der Waals surface area contributed by atoms with Crippen molar-refractivity contribution in [2.24, 2.45) is 0 Å². The van der Waals surface area contributed by atoms with Gasteiger partial charge in [-0.3, -0.25) is 24.8 Å². The van der Waals surface area contributed by atoms with E-state index in [4.69, 9.17) is 0 Å². The lowest BCUT2D eigenvalue weighted by Gasteiger charge is -2.25. The Hall–Kier alpha value is -2.39. The Morgan fingerprint density at radius 3 is 2.96 bits per heavy atom. The van der Waals surface area contributed by atoms with E-state index in [1.54, 1.807) is 0 Å². The molecule has 0 spiro atoms. The maximum absolute atomic E-state index is 12.1. The van der Waals surface area contributed by atoms with Crippen LogP contribution in [0.3, 0.4) is 0 Å². The first-order valence-electron chi connectivity index (χ1n) is 8.25. The van der Waals surface area contributed by atoms with Crippen LogP contribution in [-0.4, -0.2) is 50.8 Å². The van der Waals surface area contributed by atoms with E-state index in [0.29, 0.717) is 24.3 Å². The van der Waals surface area contributed by atoms with Gasteiger partial charge in [-0.2, -0.15) is 0 Å². The van der Waals surface area contributed by atoms with Gasteiger partial charge in [-0.1, -0.05) is 0 Å². The Balaban J connectivity index is 1.37. The highest BCUT2D eigenvalue weighted by molar-refractivity contribution is 7.15. The largest absolute Gasteiger partial charge is 0.352 e. The normalized spacial score (nSPS) is 17.0. The van der Waals surface area contributed by atoms with Crippen molar-refractivity contribution in [1.82, 2.24) is 25.2 Å². The number of rotatable bonds is 5. The zero-order chi connectivity index (χ0) is 17.2. The third kappa shape index (κ3) is 3.99. The molecule has 8 nitrogen and oxygen atoms in total. The van der Waals surface area contributed by atoms with Gasteiger partial charge in [0.25, 0.3) is 5.91 Å². The number of thiazole rings is 1. The second-order valence-electron chi connectivity index (χ2n) is 6.24. The van der Waals surface area contributed by atoms with Gasteiger partial charge in [0, 0.05) is 42.8 Å². The summed E-state index contributed by atoms with van der Waals surface area (Å²) in [6.45, 7) is 1.90. The highest BCUT2D eigenvalue weighted by Gasteiger charge is 2.26. The van der Waals surface area contributed by atoms with Gasteiger partial charge in [0.1, 0.15) is 5.69 Å². The molecule has 0 bridgehead atoms. The number of carbonyl (C=O) groups excluding carboxylic acids is 2. The van der Waals surface area contributed by atoms with Gasteiger partial charge in [-0.05, 0) is 12.8 Å². The zero-order valence-corrected chi connectivity index (χ0v) is 14.4. The Bertz CT molecular complexity index is 789. The summed E-state index contributed by atoms with van der Waals surface area (Å²) in [4.78, 5) is 39.7. The minimum Gasteiger partial charge on any atom is -0.352 e. The van der Waals surface area contributed by atoms with Crippen molar-refractivity contribution >= 4 is 28.3 Å². The summed E-state index contributed by atoms with van der Waals surface area (Å²) in [5.41, 5.74) is 1.26. The maximum atomic E-state index is 12.1. The van der Waals surface area contributed by atoms with Crippen LogP contribution in [0.2, 0.25) is 0 Å². The topological polar surface area (TPSA) is 100 Å². The number of nitrogens with zero attached hydrogens (tertiary/aromatic N) is 4. The number of amides is 2. The summed E-state index contributed by atoms with van der Waals surface area (Å²) in [5.74, 6) is -0.230. The molecule has 1 aliphatic carbocycles. The summed E-state index contributed by atoms with van der Waals surface area (Å²) in [5, 5.41) is 6.35. The quantitative estimate of drug-likeness (QED) is 0.821. The van der Waals surface area contributed by atoms with Gasteiger partial charge < -0.3 is 5.32 Å². The van der Waals surface area contributed by atoms with Crippen LogP contribution in [0.4, 0.5) is 5.13 Å². The number of hydrogen-bond donors (Lipinski definition) is 2. The number of aromatic nitrogens is 3. The van der Waals surface area contributed by atoms with E-state index < -0.39 is 0 Å². The number of anilines is 1. The lowest BCUT2D eigenvalue weighted by molar-refractivity contribution is -0.122. The van der Waals surface area contributed by atoms with Crippen LogP contribution in [0.15, 0.2) is 18.6 Å². The molecule has 25 heavy (non-hydrogen) atoms. The second kappa shape index (κ2) is 6.85. The molecule has 0 unspecified atom stereocenters. The predicted octanol–water partition coefficient (Wildman–Crippen LogP) is 0.822. The first-order valence-corrected chi connectivity index (χ1v) is 9.06. The molecular weight excluding hydrogens is 340 g/mol. The molecule has 1 aliphatic heterocycles. The molecule has 2 aliphatic rings. The zero-order valence-electron chi connectivity index (χ0n) is 13.6. The molecule has 130 valence electrons. The van der Waals surface area contributed by atoms with E-state index in [9.17, 15) is 9.59 Å². The Labute approximate surface area is 148 Å². The molecule has 2 aromatic heterocycles. The molecule has 1 fully saturated rings. The molecule has 0 aromatic carbocycles. The van der Waals surface area contributed by atoms with Crippen LogP contribution in [-0.2, 0) is 17.8 Å². The lowest BCUT2D eigenvalue weighted by atomic mass is 10.2. The third-order valence-corrected chi connectivity index (χ3v) is 5.13. The van der Waals surface area contributed by atoms with E-state index in [0.717, 1.165) is 36.4 Å². The van der Waals surface area contributed by atoms with Crippen LogP contribution >= 0.6 is 11.3 Å². The molecule has 4 rings (SSSR count). The van der Waals surface area contributed by atoms with Crippen molar-refractivity contribution in [2.75, 3.05) is 18.4 Å².